The molecule has 37 heavy (non-hydrogen) atoms. The number of aliphatic hydroxyl groups excluding tert-OH is 1. The third-order valence-corrected chi connectivity index (χ3v) is 6.27. The zero-order valence-electron chi connectivity index (χ0n) is 19.7. The van der Waals surface area contributed by atoms with Crippen LogP contribution in [0.4, 0.5) is 5.69 Å². The van der Waals surface area contributed by atoms with Crippen molar-refractivity contribution >= 4 is 11.9 Å². The van der Waals surface area contributed by atoms with Gasteiger partial charge in [0.15, 0.2) is 12.6 Å². The zero-order chi connectivity index (χ0) is 25.8. The van der Waals surface area contributed by atoms with Crippen molar-refractivity contribution in [3.8, 4) is 5.75 Å². The average Bonchev–Trinajstić information content (AvgIpc) is 2.93. The molecule has 10 nitrogen and oxygen atoms in total. The molecule has 2 heterocycles. The summed E-state index contributed by atoms with van der Waals surface area (Å²) < 4.78 is 24.1. The maximum absolute atomic E-state index is 11.4. The number of nitrogens with zero attached hydrogens (tertiary/aromatic N) is 2. The summed E-state index contributed by atoms with van der Waals surface area (Å²) in [5.41, 5.74) is 1.63. The summed E-state index contributed by atoms with van der Waals surface area (Å²) in [7, 11) is 0. The van der Waals surface area contributed by atoms with E-state index in [1.165, 1.54) is 24.4 Å². The minimum Gasteiger partial charge on any atom is -0.507 e. The predicted octanol–water partition coefficient (Wildman–Crippen LogP) is 3.50. The van der Waals surface area contributed by atoms with E-state index in [9.17, 15) is 20.3 Å². The molecule has 0 aromatic heterocycles. The largest absolute Gasteiger partial charge is 0.507 e. The Morgan fingerprint density at radius 2 is 1.78 bits per heavy atom. The highest BCUT2D eigenvalue weighted by Gasteiger charge is 2.49. The number of rotatable bonds is 7. The third kappa shape index (κ3) is 5.68. The fraction of sp³-hybridized carbons (Fsp3) is 0.296. The van der Waals surface area contributed by atoms with Gasteiger partial charge in [-0.05, 0) is 11.6 Å². The van der Waals surface area contributed by atoms with Crippen LogP contribution >= 0.6 is 0 Å². The number of aliphatic imine (C=N–C) groups is 1. The van der Waals surface area contributed by atoms with Crippen LogP contribution < -0.4 is 0 Å². The molecule has 0 spiro atoms. The van der Waals surface area contributed by atoms with Crippen molar-refractivity contribution in [1.82, 2.24) is 0 Å². The normalized spacial score (nSPS) is 27.6. The van der Waals surface area contributed by atoms with Crippen LogP contribution in [-0.2, 0) is 25.6 Å². The van der Waals surface area contributed by atoms with Gasteiger partial charge in [-0.1, -0.05) is 60.7 Å². The number of nitro groups is 1. The summed E-state index contributed by atoms with van der Waals surface area (Å²) in [6.07, 6.45) is -2.90. The number of benzene rings is 3. The van der Waals surface area contributed by atoms with Gasteiger partial charge in [0, 0.05) is 29.5 Å². The van der Waals surface area contributed by atoms with Crippen LogP contribution in [0.5, 0.6) is 5.75 Å². The van der Waals surface area contributed by atoms with Gasteiger partial charge in [-0.2, -0.15) is 0 Å². The van der Waals surface area contributed by atoms with Gasteiger partial charge in [0.2, 0.25) is 0 Å². The first kappa shape index (κ1) is 25.0. The number of nitro benzene ring substituents is 1. The molecule has 6 atom stereocenters. The van der Waals surface area contributed by atoms with Crippen molar-refractivity contribution in [2.75, 3.05) is 6.61 Å². The monoisotopic (exact) mass is 506 g/mol. The molecule has 3 aromatic carbocycles. The molecule has 2 fully saturated rings. The smallest absolute Gasteiger partial charge is 0.270 e. The molecule has 0 radical (unpaired) electrons. The van der Waals surface area contributed by atoms with Crippen molar-refractivity contribution in [2.45, 2.75) is 43.5 Å². The molecule has 0 aliphatic carbocycles. The fourth-order valence-corrected chi connectivity index (χ4v) is 4.33. The van der Waals surface area contributed by atoms with Crippen LogP contribution in [0.25, 0.3) is 0 Å². The van der Waals surface area contributed by atoms with Crippen molar-refractivity contribution < 1.29 is 34.1 Å². The van der Waals surface area contributed by atoms with E-state index < -0.39 is 41.9 Å². The number of fused-ring (bicyclic) bond motifs is 1. The molecular weight excluding hydrogens is 480 g/mol. The van der Waals surface area contributed by atoms with E-state index in [1.54, 1.807) is 0 Å². The molecule has 10 heteroatoms. The molecule has 2 saturated heterocycles. The Bertz CT molecular complexity index is 1240. The summed E-state index contributed by atoms with van der Waals surface area (Å²) in [5, 5.41) is 32.7. The molecule has 3 aromatic rings. The second kappa shape index (κ2) is 11.2. The van der Waals surface area contributed by atoms with Gasteiger partial charge in [-0.25, -0.2) is 0 Å². The molecule has 0 unspecified atom stereocenters. The number of hydrogen-bond acceptors (Lipinski definition) is 9. The lowest BCUT2D eigenvalue weighted by Gasteiger charge is -2.46. The summed E-state index contributed by atoms with van der Waals surface area (Å²) >= 11 is 0. The van der Waals surface area contributed by atoms with Gasteiger partial charge < -0.3 is 29.2 Å². The molecule has 192 valence electrons. The van der Waals surface area contributed by atoms with Crippen LogP contribution in [-0.4, -0.2) is 58.6 Å². The molecular formula is C27H26N2O8. The second-order valence-electron chi connectivity index (χ2n) is 8.78. The predicted molar refractivity (Wildman–Crippen MR) is 132 cm³/mol. The van der Waals surface area contributed by atoms with Crippen LogP contribution in [0.15, 0.2) is 83.9 Å². The van der Waals surface area contributed by atoms with Crippen molar-refractivity contribution in [3.05, 3.63) is 106 Å². The Morgan fingerprint density at radius 1 is 1.05 bits per heavy atom. The highest BCUT2D eigenvalue weighted by molar-refractivity contribution is 5.84. The molecule has 5 rings (SSSR count). The first-order valence-electron chi connectivity index (χ1n) is 11.8. The van der Waals surface area contributed by atoms with Gasteiger partial charge in [0.25, 0.3) is 5.69 Å². The Balaban J connectivity index is 1.40. The maximum Gasteiger partial charge on any atom is 0.270 e. The fourth-order valence-electron chi connectivity index (χ4n) is 4.33. The molecule has 0 bridgehead atoms. The second-order valence-corrected chi connectivity index (χ2v) is 8.78. The number of non-ortho nitro benzene ring substituents is 1. The Morgan fingerprint density at radius 3 is 2.51 bits per heavy atom. The lowest BCUT2D eigenvalue weighted by molar-refractivity contribution is -0.384. The number of phenols is 1. The number of aromatic hydroxyl groups is 1. The molecule has 2 aliphatic rings. The van der Waals surface area contributed by atoms with Gasteiger partial charge in [-0.15, -0.1) is 0 Å². The van der Waals surface area contributed by atoms with Crippen molar-refractivity contribution in [2.24, 2.45) is 4.99 Å². The first-order valence-corrected chi connectivity index (χ1v) is 11.8. The highest BCUT2D eigenvalue weighted by Crippen LogP contribution is 2.35. The SMILES string of the molecule is O=[N+]([O-])c1ccc(O)c(C=N[C@H]2[C@@H](OCc3ccccc3)O[C@@H]3CO[C@@H](c4ccccc4)O[C@H]3[C@@H]2O)c1. The van der Waals surface area contributed by atoms with Crippen LogP contribution in [0.3, 0.4) is 0 Å². The Labute approximate surface area is 212 Å². The maximum atomic E-state index is 11.4. The van der Waals surface area contributed by atoms with E-state index in [2.05, 4.69) is 4.99 Å². The highest BCUT2D eigenvalue weighted by atomic mass is 16.7. The van der Waals surface area contributed by atoms with E-state index >= 15 is 0 Å². The summed E-state index contributed by atoms with van der Waals surface area (Å²) in [6, 6.07) is 21.5. The van der Waals surface area contributed by atoms with Crippen molar-refractivity contribution in [1.29, 1.82) is 0 Å². The number of ether oxygens (including phenoxy) is 4. The van der Waals surface area contributed by atoms with Gasteiger partial charge >= 0.3 is 0 Å². The van der Waals surface area contributed by atoms with Crippen LogP contribution in [0.2, 0.25) is 0 Å². The van der Waals surface area contributed by atoms with Crippen molar-refractivity contribution in [3.63, 3.8) is 0 Å². The Hall–Kier alpha value is -3.67. The number of hydrogen-bond donors (Lipinski definition) is 2. The van der Waals surface area contributed by atoms with E-state index in [1.807, 2.05) is 60.7 Å². The Kier molecular flexibility index (Phi) is 7.54. The van der Waals surface area contributed by atoms with Crippen LogP contribution in [0, 0.1) is 10.1 Å². The van der Waals surface area contributed by atoms with E-state index in [4.69, 9.17) is 18.9 Å². The minimum atomic E-state index is -1.15. The lowest BCUT2D eigenvalue weighted by atomic mass is 9.96. The molecule has 0 amide bonds. The van der Waals surface area contributed by atoms with E-state index in [0.29, 0.717) is 0 Å². The summed E-state index contributed by atoms with van der Waals surface area (Å²) in [4.78, 5) is 15.1. The number of aliphatic hydroxyl groups is 1. The summed E-state index contributed by atoms with van der Waals surface area (Å²) in [5.74, 6) is -0.188. The molecule has 2 aliphatic heterocycles. The van der Waals surface area contributed by atoms with Gasteiger partial charge in [0.1, 0.15) is 30.1 Å². The first-order chi connectivity index (χ1) is 18.0. The zero-order valence-corrected chi connectivity index (χ0v) is 19.7. The average molecular weight is 507 g/mol. The summed E-state index contributed by atoms with van der Waals surface area (Å²) in [6.45, 7) is 0.382. The van der Waals surface area contributed by atoms with Crippen LogP contribution in [0.1, 0.15) is 23.0 Å². The van der Waals surface area contributed by atoms with E-state index in [-0.39, 0.29) is 30.2 Å². The molecule has 0 saturated carbocycles. The van der Waals surface area contributed by atoms with E-state index in [0.717, 1.165) is 11.1 Å². The van der Waals surface area contributed by atoms with Gasteiger partial charge in [0.05, 0.1) is 18.1 Å². The lowest BCUT2D eigenvalue weighted by Crippen LogP contribution is -2.61. The number of phenolic OH excluding ortho intramolecular Hbond substituents is 1. The quantitative estimate of drug-likeness (QED) is 0.283. The molecule has 2 N–H and O–H groups in total. The minimum absolute atomic E-state index is 0.125. The van der Waals surface area contributed by atoms with Gasteiger partial charge in [-0.3, -0.25) is 15.1 Å². The standard InChI is InChI=1S/C27H26N2O8/c30-21-12-11-20(29(32)33)13-19(21)14-28-23-24(31)25-22(16-35-26(37-25)18-9-5-2-6-10-18)36-27(23)34-15-17-7-3-1-4-8-17/h1-14,22-27,30-31H,15-16H2/t22-,23-,24-,25-,26-,27+/m1/s1. The topological polar surface area (TPSA) is 133 Å². The third-order valence-electron chi connectivity index (χ3n) is 6.27.